The van der Waals surface area contributed by atoms with Crippen LogP contribution >= 0.6 is 11.6 Å². The molecule has 2 N–H and O–H groups in total. The van der Waals surface area contributed by atoms with E-state index in [4.69, 9.17) is 11.6 Å². The molecular weight excluding hydrogens is 453 g/mol. The highest BCUT2D eigenvalue weighted by Gasteiger charge is 2.35. The van der Waals surface area contributed by atoms with Crippen molar-refractivity contribution in [3.8, 4) is 0 Å². The Morgan fingerprint density at radius 3 is 2.42 bits per heavy atom. The van der Waals surface area contributed by atoms with Gasteiger partial charge in [0, 0.05) is 22.8 Å². The lowest BCUT2D eigenvalue weighted by atomic mass is 9.75. The van der Waals surface area contributed by atoms with Crippen molar-refractivity contribution in [1.29, 1.82) is 0 Å². The predicted molar refractivity (Wildman–Crippen MR) is 123 cm³/mol. The number of Topliss-reactive ketones (excluding diaryl/α,β-unsaturated/α-hetero) is 1. The molecule has 2 aromatic carbocycles. The third kappa shape index (κ3) is 5.11. The van der Waals surface area contributed by atoms with E-state index in [-0.39, 0.29) is 28.7 Å². The number of aryl methyl sites for hydroxylation is 1. The summed E-state index contributed by atoms with van der Waals surface area (Å²) in [6, 6.07) is 10.2. The van der Waals surface area contributed by atoms with Crippen LogP contribution in [0.5, 0.6) is 0 Å². The minimum Gasteiger partial charge on any atom is -0.339 e. The Balaban J connectivity index is 1.76. The topological polar surface area (TPSA) is 66.9 Å². The van der Waals surface area contributed by atoms with Crippen LogP contribution in [0.4, 0.5) is 36.3 Å². The zero-order chi connectivity index (χ0) is 24.0. The Morgan fingerprint density at radius 2 is 1.73 bits per heavy atom. The predicted octanol–water partition coefficient (Wildman–Crippen LogP) is 7.10. The Morgan fingerprint density at radius 1 is 1.00 bits per heavy atom. The zero-order valence-corrected chi connectivity index (χ0v) is 19.0. The molecule has 0 radical (unpaired) electrons. The molecule has 33 heavy (non-hydrogen) atoms. The van der Waals surface area contributed by atoms with Crippen LogP contribution in [-0.4, -0.2) is 15.8 Å². The van der Waals surface area contributed by atoms with E-state index in [1.807, 2.05) is 32.9 Å². The van der Waals surface area contributed by atoms with Gasteiger partial charge in [0.15, 0.2) is 5.78 Å². The number of rotatable bonds is 4. The molecule has 0 amide bonds. The Hall–Kier alpha value is -3.13. The quantitative estimate of drug-likeness (QED) is 0.422. The minimum atomic E-state index is -4.47. The lowest BCUT2D eigenvalue weighted by Gasteiger charge is -2.30. The Kier molecular flexibility index (Phi) is 5.82. The molecule has 0 fully saturated rings. The van der Waals surface area contributed by atoms with Gasteiger partial charge in [0.25, 0.3) is 0 Å². The van der Waals surface area contributed by atoms with Crippen LogP contribution < -0.4 is 10.6 Å². The average Bonchev–Trinajstić information content (AvgIpc) is 2.69. The number of halogens is 4. The van der Waals surface area contributed by atoms with Gasteiger partial charge in [-0.3, -0.25) is 4.79 Å². The molecule has 0 saturated carbocycles. The van der Waals surface area contributed by atoms with Crippen LogP contribution in [0.3, 0.4) is 0 Å². The van der Waals surface area contributed by atoms with E-state index in [9.17, 15) is 18.0 Å². The highest BCUT2D eigenvalue weighted by molar-refractivity contribution is 6.31. The first-order chi connectivity index (χ1) is 15.4. The summed E-state index contributed by atoms with van der Waals surface area (Å²) in [6.45, 7) is 5.83. The van der Waals surface area contributed by atoms with E-state index in [0.29, 0.717) is 34.8 Å². The van der Waals surface area contributed by atoms with Crippen molar-refractivity contribution >= 4 is 40.5 Å². The van der Waals surface area contributed by atoms with E-state index in [1.165, 1.54) is 12.1 Å². The molecule has 0 aliphatic heterocycles. The van der Waals surface area contributed by atoms with Gasteiger partial charge in [-0.05, 0) is 54.7 Å². The number of carbonyl (C=O) groups excluding carboxylic acids is 1. The standard InChI is InChI=1S/C24H22ClF3N4O/c1-13-7-8-16(10-17(13)25)29-21-20-18(11-23(2,3)12-19(20)33)31-22(32-21)30-15-6-4-5-14(9-15)24(26,27)28/h4-10H,11-12H2,1-3H3,(H2,29,30,31,32). The molecule has 3 aromatic rings. The molecule has 0 unspecified atom stereocenters. The average molecular weight is 475 g/mol. The summed E-state index contributed by atoms with van der Waals surface area (Å²) in [5.74, 6) is 0.293. The van der Waals surface area contributed by atoms with Crippen molar-refractivity contribution in [3.05, 3.63) is 69.9 Å². The van der Waals surface area contributed by atoms with Crippen molar-refractivity contribution in [2.45, 2.75) is 39.8 Å². The van der Waals surface area contributed by atoms with Crippen molar-refractivity contribution in [2.24, 2.45) is 5.41 Å². The highest BCUT2D eigenvalue weighted by Crippen LogP contribution is 2.38. The fourth-order valence-corrected chi connectivity index (χ4v) is 4.00. The van der Waals surface area contributed by atoms with E-state index >= 15 is 0 Å². The fourth-order valence-electron chi connectivity index (χ4n) is 3.82. The summed E-state index contributed by atoms with van der Waals surface area (Å²) in [5.41, 5.74) is 1.58. The molecule has 0 atom stereocenters. The third-order valence-electron chi connectivity index (χ3n) is 5.43. The van der Waals surface area contributed by atoms with Gasteiger partial charge in [0.05, 0.1) is 16.8 Å². The monoisotopic (exact) mass is 474 g/mol. The Bertz CT molecular complexity index is 1240. The number of benzene rings is 2. The summed E-state index contributed by atoms with van der Waals surface area (Å²) in [6.07, 6.45) is -3.60. The first-order valence-corrected chi connectivity index (χ1v) is 10.7. The summed E-state index contributed by atoms with van der Waals surface area (Å²) in [4.78, 5) is 21.9. The maximum atomic E-state index is 13.1. The number of alkyl halides is 3. The largest absolute Gasteiger partial charge is 0.416 e. The van der Waals surface area contributed by atoms with E-state index in [1.54, 1.807) is 6.07 Å². The number of hydrogen-bond donors (Lipinski definition) is 2. The molecule has 1 aromatic heterocycles. The molecule has 4 rings (SSSR count). The third-order valence-corrected chi connectivity index (χ3v) is 5.84. The van der Waals surface area contributed by atoms with Gasteiger partial charge in [0.1, 0.15) is 5.82 Å². The van der Waals surface area contributed by atoms with Gasteiger partial charge in [-0.1, -0.05) is 37.6 Å². The first-order valence-electron chi connectivity index (χ1n) is 10.3. The van der Waals surface area contributed by atoms with Gasteiger partial charge in [-0.2, -0.15) is 18.2 Å². The number of carbonyl (C=O) groups is 1. The molecule has 1 aliphatic rings. The van der Waals surface area contributed by atoms with Crippen LogP contribution in [0.15, 0.2) is 42.5 Å². The highest BCUT2D eigenvalue weighted by atomic mass is 35.5. The minimum absolute atomic E-state index is 0.0902. The van der Waals surface area contributed by atoms with E-state index < -0.39 is 11.7 Å². The van der Waals surface area contributed by atoms with Crippen molar-refractivity contribution < 1.29 is 18.0 Å². The van der Waals surface area contributed by atoms with Gasteiger partial charge < -0.3 is 10.6 Å². The second-order valence-electron chi connectivity index (χ2n) is 8.95. The van der Waals surface area contributed by atoms with Crippen LogP contribution in [0.2, 0.25) is 5.02 Å². The lowest BCUT2D eigenvalue weighted by Crippen LogP contribution is -2.29. The van der Waals surface area contributed by atoms with Crippen LogP contribution in [-0.2, 0) is 12.6 Å². The fraction of sp³-hybridized carbons (Fsp3) is 0.292. The van der Waals surface area contributed by atoms with Crippen LogP contribution in [0.1, 0.15) is 47.4 Å². The van der Waals surface area contributed by atoms with Crippen molar-refractivity contribution in [1.82, 2.24) is 9.97 Å². The number of aromatic nitrogens is 2. The molecule has 5 nitrogen and oxygen atoms in total. The first kappa shape index (κ1) is 23.0. The normalized spacial score (nSPS) is 15.2. The van der Waals surface area contributed by atoms with Crippen molar-refractivity contribution in [2.75, 3.05) is 10.6 Å². The molecular formula is C24H22ClF3N4O. The number of fused-ring (bicyclic) bond motifs is 1. The molecule has 0 bridgehead atoms. The summed E-state index contributed by atoms with van der Waals surface area (Å²) >= 11 is 6.24. The molecule has 172 valence electrons. The number of nitrogens with one attached hydrogen (secondary N) is 2. The van der Waals surface area contributed by atoms with E-state index in [0.717, 1.165) is 17.7 Å². The molecule has 9 heteroatoms. The summed E-state index contributed by atoms with van der Waals surface area (Å²) < 4.78 is 39.3. The second-order valence-corrected chi connectivity index (χ2v) is 9.36. The number of ketones is 1. The van der Waals surface area contributed by atoms with Gasteiger partial charge >= 0.3 is 6.18 Å². The van der Waals surface area contributed by atoms with Gasteiger partial charge in [-0.15, -0.1) is 0 Å². The second kappa shape index (κ2) is 8.33. The van der Waals surface area contributed by atoms with E-state index in [2.05, 4.69) is 20.6 Å². The van der Waals surface area contributed by atoms with Crippen LogP contribution in [0, 0.1) is 12.3 Å². The van der Waals surface area contributed by atoms with Crippen molar-refractivity contribution in [3.63, 3.8) is 0 Å². The SMILES string of the molecule is Cc1ccc(Nc2nc(Nc3cccc(C(F)(F)F)c3)nc3c2C(=O)CC(C)(C)C3)cc1Cl. The van der Waals surface area contributed by atoms with Crippen LogP contribution in [0.25, 0.3) is 0 Å². The molecule has 0 saturated heterocycles. The molecule has 0 spiro atoms. The summed E-state index contributed by atoms with van der Waals surface area (Å²) in [7, 11) is 0. The van der Waals surface area contributed by atoms with Gasteiger partial charge in [-0.25, -0.2) is 4.98 Å². The zero-order valence-electron chi connectivity index (χ0n) is 18.3. The van der Waals surface area contributed by atoms with Gasteiger partial charge in [0.2, 0.25) is 5.95 Å². The smallest absolute Gasteiger partial charge is 0.339 e. The number of hydrogen-bond acceptors (Lipinski definition) is 5. The molecule has 1 aliphatic carbocycles. The summed E-state index contributed by atoms with van der Waals surface area (Å²) in [5, 5.41) is 6.55. The maximum Gasteiger partial charge on any atom is 0.416 e. The molecule has 1 heterocycles. The maximum absolute atomic E-state index is 13.1. The number of nitrogens with zero attached hydrogens (tertiary/aromatic N) is 2. The lowest BCUT2D eigenvalue weighted by molar-refractivity contribution is -0.137. The number of anilines is 4. The Labute approximate surface area is 194 Å².